The molecule has 0 rings (SSSR count). The van der Waals surface area contributed by atoms with Crippen molar-refractivity contribution in [2.45, 2.75) is 61.7 Å². The fourth-order valence-corrected chi connectivity index (χ4v) is 5.47. The standard InChI is InChI=1S/C12H23O2.ClH.Hg/c1-3-4-5-6-7-8-9-10-11-12(13)14-2;;/h1,3-11H2,2H3;1H;/q;;+1/p-1. The number of methoxy groups -OCH3 is 1. The second kappa shape index (κ2) is 13.8. The fourth-order valence-electron chi connectivity index (χ4n) is 1.70. The zero-order valence-corrected chi connectivity index (χ0v) is 16.7. The Bertz CT molecular complexity index is 165. The van der Waals surface area contributed by atoms with Gasteiger partial charge in [0.25, 0.3) is 0 Å². The number of hydrogen-bond donors (Lipinski definition) is 0. The van der Waals surface area contributed by atoms with Crippen LogP contribution in [0.5, 0.6) is 0 Å². The summed E-state index contributed by atoms with van der Waals surface area (Å²) < 4.78 is 5.96. The van der Waals surface area contributed by atoms with Crippen molar-refractivity contribution in [2.75, 3.05) is 7.11 Å². The molecule has 0 aliphatic carbocycles. The molecule has 0 amide bonds. The van der Waals surface area contributed by atoms with E-state index >= 15 is 0 Å². The molecule has 0 aromatic carbocycles. The zero-order chi connectivity index (χ0) is 12.1. The molecule has 0 atom stereocenters. The fraction of sp³-hybridized carbons (Fsp3) is 0.917. The molecule has 0 aromatic rings. The van der Waals surface area contributed by atoms with Crippen molar-refractivity contribution in [1.29, 1.82) is 0 Å². The Balaban J connectivity index is 2.96. The first-order valence-corrected chi connectivity index (χ1v) is 17.1. The number of carbonyl (C=O) groups excluding carboxylic acids is 1. The summed E-state index contributed by atoms with van der Waals surface area (Å²) in [4.78, 5) is 10.8. The molecule has 0 bridgehead atoms. The number of rotatable bonds is 11. The van der Waals surface area contributed by atoms with Crippen LogP contribution in [0.1, 0.15) is 57.8 Å². The van der Waals surface area contributed by atoms with E-state index in [9.17, 15) is 4.79 Å². The van der Waals surface area contributed by atoms with Crippen molar-refractivity contribution in [3.63, 3.8) is 0 Å². The molecule has 0 saturated heterocycles. The number of carbonyl (C=O) groups is 1. The summed E-state index contributed by atoms with van der Waals surface area (Å²) in [6, 6.07) is 0. The van der Waals surface area contributed by atoms with E-state index in [-0.39, 0.29) is 5.97 Å². The summed E-state index contributed by atoms with van der Waals surface area (Å²) in [5, 5.41) is 0. The predicted molar refractivity (Wildman–Crippen MR) is 64.2 cm³/mol. The average Bonchev–Trinajstić information content (AvgIpc) is 2.31. The van der Waals surface area contributed by atoms with Crippen molar-refractivity contribution in [1.82, 2.24) is 0 Å². The summed E-state index contributed by atoms with van der Waals surface area (Å²) in [5.74, 6) is -0.0762. The zero-order valence-electron chi connectivity index (χ0n) is 10.5. The maximum absolute atomic E-state index is 10.8. The van der Waals surface area contributed by atoms with E-state index in [2.05, 4.69) is 4.74 Å². The number of halogens is 1. The van der Waals surface area contributed by atoms with E-state index in [0.29, 0.717) is 6.42 Å². The summed E-state index contributed by atoms with van der Waals surface area (Å²) in [5.41, 5.74) is 0. The normalized spacial score (nSPS) is 9.88. The van der Waals surface area contributed by atoms with Gasteiger partial charge < -0.3 is 0 Å². The molecule has 0 unspecified atom stereocenters. The SMILES string of the molecule is COC(=O)CCCCCCCCC[CH2][Hg][Cl]. The van der Waals surface area contributed by atoms with Crippen LogP contribution in [0.25, 0.3) is 0 Å². The van der Waals surface area contributed by atoms with Crippen LogP contribution in [-0.4, -0.2) is 13.1 Å². The Hall–Kier alpha value is 0.695. The molecule has 0 N–H and O–H groups in total. The Morgan fingerprint density at radius 1 is 1.00 bits per heavy atom. The van der Waals surface area contributed by atoms with Gasteiger partial charge in [0.15, 0.2) is 0 Å². The van der Waals surface area contributed by atoms with E-state index in [0.717, 1.165) is 12.8 Å². The third-order valence-corrected chi connectivity index (χ3v) is 8.07. The van der Waals surface area contributed by atoms with Gasteiger partial charge in [-0.25, -0.2) is 0 Å². The van der Waals surface area contributed by atoms with E-state index in [1.165, 1.54) is 49.6 Å². The third-order valence-electron chi connectivity index (χ3n) is 2.74. The summed E-state index contributed by atoms with van der Waals surface area (Å²) in [6.45, 7) is 0. The second-order valence-corrected chi connectivity index (χ2v) is 11.7. The summed E-state index contributed by atoms with van der Waals surface area (Å²) in [6.07, 6.45) is 10.7. The number of ether oxygens (including phenoxy) is 1. The molecule has 16 heavy (non-hydrogen) atoms. The average molecular weight is 435 g/mol. The number of esters is 1. The van der Waals surface area contributed by atoms with E-state index in [1.54, 1.807) is 0 Å². The van der Waals surface area contributed by atoms with Crippen LogP contribution < -0.4 is 0 Å². The van der Waals surface area contributed by atoms with Gasteiger partial charge in [-0.05, 0) is 0 Å². The van der Waals surface area contributed by atoms with Gasteiger partial charge in [0.1, 0.15) is 0 Å². The summed E-state index contributed by atoms with van der Waals surface area (Å²) >= 11 is -0.829. The molecule has 0 radical (unpaired) electrons. The monoisotopic (exact) mass is 436 g/mol. The number of hydrogen-bond acceptors (Lipinski definition) is 2. The molecule has 92 valence electrons. The van der Waals surface area contributed by atoms with Crippen molar-refractivity contribution in [2.24, 2.45) is 0 Å². The van der Waals surface area contributed by atoms with Crippen molar-refractivity contribution in [3.05, 3.63) is 0 Å². The van der Waals surface area contributed by atoms with Gasteiger partial charge in [0, 0.05) is 0 Å². The third kappa shape index (κ3) is 12.8. The van der Waals surface area contributed by atoms with Gasteiger partial charge >= 0.3 is 109 Å². The predicted octanol–water partition coefficient (Wildman–Crippen LogP) is 4.32. The van der Waals surface area contributed by atoms with E-state index in [4.69, 9.17) is 8.25 Å². The van der Waals surface area contributed by atoms with Crippen molar-refractivity contribution in [3.8, 4) is 0 Å². The Labute approximate surface area is 115 Å². The molecule has 0 heterocycles. The first-order chi connectivity index (χ1) is 7.81. The van der Waals surface area contributed by atoms with Gasteiger partial charge in [-0.3, -0.25) is 0 Å². The van der Waals surface area contributed by atoms with Gasteiger partial charge in [-0.2, -0.15) is 0 Å². The van der Waals surface area contributed by atoms with Crippen LogP contribution in [0.2, 0.25) is 3.93 Å². The molecule has 0 aromatic heterocycles. The van der Waals surface area contributed by atoms with Gasteiger partial charge in [-0.1, -0.05) is 0 Å². The molecule has 0 aliphatic heterocycles. The Morgan fingerprint density at radius 3 is 2.00 bits per heavy atom. The van der Waals surface area contributed by atoms with Crippen LogP contribution in [0.15, 0.2) is 0 Å². The molecular weight excluding hydrogens is 412 g/mol. The van der Waals surface area contributed by atoms with Crippen LogP contribution in [0, 0.1) is 0 Å². The van der Waals surface area contributed by atoms with Crippen molar-refractivity contribution >= 4 is 14.2 Å². The minimum absolute atomic E-state index is 0.0762. The second-order valence-electron chi connectivity index (χ2n) is 4.20. The first kappa shape index (κ1) is 16.7. The molecule has 4 heteroatoms. The van der Waals surface area contributed by atoms with Crippen LogP contribution in [-0.2, 0) is 32.9 Å². The van der Waals surface area contributed by atoms with Crippen LogP contribution in [0.4, 0.5) is 0 Å². The quantitative estimate of drug-likeness (QED) is 0.275. The molecular formula is C12H23ClHgO2. The van der Waals surface area contributed by atoms with Crippen molar-refractivity contribution < 1.29 is 32.9 Å². The molecule has 0 spiro atoms. The van der Waals surface area contributed by atoms with Gasteiger partial charge in [-0.15, -0.1) is 0 Å². The van der Waals surface area contributed by atoms with E-state index < -0.39 is 23.3 Å². The first-order valence-electron chi connectivity index (χ1n) is 6.44. The Morgan fingerprint density at radius 2 is 1.50 bits per heavy atom. The molecule has 2 nitrogen and oxygen atoms in total. The van der Waals surface area contributed by atoms with E-state index in [1.807, 2.05) is 0 Å². The van der Waals surface area contributed by atoms with Gasteiger partial charge in [0.2, 0.25) is 0 Å². The molecule has 0 fully saturated rings. The minimum atomic E-state index is -0.829. The van der Waals surface area contributed by atoms with Crippen LogP contribution >= 0.6 is 8.25 Å². The molecule has 0 aliphatic rings. The van der Waals surface area contributed by atoms with Gasteiger partial charge in [0.05, 0.1) is 7.11 Å². The maximum atomic E-state index is 10.8. The number of unbranched alkanes of at least 4 members (excludes halogenated alkanes) is 7. The molecule has 0 saturated carbocycles. The summed E-state index contributed by atoms with van der Waals surface area (Å²) in [7, 11) is 7.27. The topological polar surface area (TPSA) is 26.3 Å². The Kier molecular flexibility index (Phi) is 14.4. The van der Waals surface area contributed by atoms with Crippen LogP contribution in [0.3, 0.4) is 0 Å².